The molecular weight excluding hydrogens is 352 g/mol. The molecule has 4 nitrogen and oxygen atoms in total. The number of nitrogens with one attached hydrogen (secondary N) is 1. The number of benzene rings is 2. The molecule has 0 radical (unpaired) electrons. The number of rotatable bonds is 3. The minimum atomic E-state index is -4.75. The van der Waals surface area contributed by atoms with Crippen LogP contribution in [0.5, 0.6) is 5.75 Å². The van der Waals surface area contributed by atoms with E-state index in [2.05, 4.69) is 5.10 Å². The van der Waals surface area contributed by atoms with Crippen molar-refractivity contribution in [3.8, 4) is 5.75 Å². The summed E-state index contributed by atoms with van der Waals surface area (Å²) in [5, 5.41) is 12.7. The molecule has 0 atom stereocenters. The number of phenols is 1. The summed E-state index contributed by atoms with van der Waals surface area (Å²) in [6.45, 7) is 0. The lowest BCUT2D eigenvalue weighted by Gasteiger charge is -2.12. The smallest absolute Gasteiger partial charge is 0.417 e. The second-order valence-corrected chi connectivity index (χ2v) is 4.97. The Bertz CT molecular complexity index is 807. The summed E-state index contributed by atoms with van der Waals surface area (Å²) in [6, 6.07) is 6.22. The van der Waals surface area contributed by atoms with Crippen LogP contribution in [0.4, 0.5) is 17.6 Å². The standard InChI is InChI=1S/C15H9ClF4N2O2/c16-12-5-4-11(15(18,19)20)10(13(12)23)7-21-22-14(24)8-2-1-3-9(17)6-8/h1-7,23H,(H,22,24). The fraction of sp³-hybridized carbons (Fsp3) is 0.0667. The average Bonchev–Trinajstić information content (AvgIpc) is 2.50. The number of carbonyl (C=O) groups is 1. The highest BCUT2D eigenvalue weighted by Crippen LogP contribution is 2.38. The number of hydrogen-bond acceptors (Lipinski definition) is 3. The third kappa shape index (κ3) is 4.02. The fourth-order valence-corrected chi connectivity index (χ4v) is 1.97. The van der Waals surface area contributed by atoms with E-state index in [4.69, 9.17) is 11.6 Å². The quantitative estimate of drug-likeness (QED) is 0.494. The molecule has 2 rings (SSSR count). The number of alkyl halides is 3. The van der Waals surface area contributed by atoms with E-state index in [1.54, 1.807) is 0 Å². The van der Waals surface area contributed by atoms with E-state index < -0.39 is 34.8 Å². The molecule has 1 amide bonds. The Morgan fingerprint density at radius 3 is 2.58 bits per heavy atom. The summed E-state index contributed by atoms with van der Waals surface area (Å²) >= 11 is 5.58. The molecule has 24 heavy (non-hydrogen) atoms. The van der Waals surface area contributed by atoms with Gasteiger partial charge in [-0.1, -0.05) is 17.7 Å². The van der Waals surface area contributed by atoms with Gasteiger partial charge in [0.15, 0.2) is 0 Å². The van der Waals surface area contributed by atoms with Crippen LogP contribution in [0.1, 0.15) is 21.5 Å². The first-order chi connectivity index (χ1) is 11.2. The number of hydrogen-bond donors (Lipinski definition) is 2. The molecule has 0 heterocycles. The van der Waals surface area contributed by atoms with Gasteiger partial charge in [0.25, 0.3) is 5.91 Å². The first-order valence-corrected chi connectivity index (χ1v) is 6.75. The number of hydrazone groups is 1. The molecule has 0 bridgehead atoms. The van der Waals surface area contributed by atoms with Crippen molar-refractivity contribution in [1.29, 1.82) is 0 Å². The number of phenolic OH excluding ortho intramolecular Hbond substituents is 1. The molecule has 0 aliphatic carbocycles. The Balaban J connectivity index is 2.26. The van der Waals surface area contributed by atoms with E-state index in [1.807, 2.05) is 5.43 Å². The molecule has 0 unspecified atom stereocenters. The number of carbonyl (C=O) groups excluding carboxylic acids is 1. The molecule has 0 spiro atoms. The predicted molar refractivity (Wildman–Crippen MR) is 79.6 cm³/mol. The summed E-state index contributed by atoms with van der Waals surface area (Å²) in [6.07, 6.45) is -4.14. The van der Waals surface area contributed by atoms with Crippen molar-refractivity contribution in [3.05, 3.63) is 63.9 Å². The zero-order valence-corrected chi connectivity index (χ0v) is 12.5. The minimum absolute atomic E-state index is 0.0708. The Morgan fingerprint density at radius 2 is 1.96 bits per heavy atom. The van der Waals surface area contributed by atoms with E-state index in [9.17, 15) is 27.5 Å². The second-order valence-electron chi connectivity index (χ2n) is 4.56. The van der Waals surface area contributed by atoms with Gasteiger partial charge in [0.05, 0.1) is 22.4 Å². The van der Waals surface area contributed by atoms with Crippen LogP contribution in [0.2, 0.25) is 5.02 Å². The summed E-state index contributed by atoms with van der Waals surface area (Å²) in [5.41, 5.74) is -0.00102. The van der Waals surface area contributed by atoms with Crippen LogP contribution in [0, 0.1) is 5.82 Å². The van der Waals surface area contributed by atoms with Crippen molar-refractivity contribution in [3.63, 3.8) is 0 Å². The molecule has 0 aliphatic rings. The normalized spacial score (nSPS) is 11.7. The summed E-state index contributed by atoms with van der Waals surface area (Å²) in [5.74, 6) is -2.31. The Labute approximate surface area is 138 Å². The lowest BCUT2D eigenvalue weighted by molar-refractivity contribution is -0.137. The van der Waals surface area contributed by atoms with Gasteiger partial charge < -0.3 is 5.11 Å². The predicted octanol–water partition coefficient (Wildman–Crippen LogP) is 3.97. The van der Waals surface area contributed by atoms with Gasteiger partial charge in [-0.05, 0) is 30.3 Å². The molecule has 9 heteroatoms. The Hall–Kier alpha value is -2.61. The number of aromatic hydroxyl groups is 1. The van der Waals surface area contributed by atoms with Crippen molar-refractivity contribution in [1.82, 2.24) is 5.43 Å². The highest BCUT2D eigenvalue weighted by atomic mass is 35.5. The minimum Gasteiger partial charge on any atom is -0.506 e. The van der Waals surface area contributed by atoms with Crippen molar-refractivity contribution >= 4 is 23.7 Å². The van der Waals surface area contributed by atoms with E-state index in [0.29, 0.717) is 12.3 Å². The fourth-order valence-electron chi connectivity index (χ4n) is 1.81. The van der Waals surface area contributed by atoms with Crippen LogP contribution < -0.4 is 5.43 Å². The van der Waals surface area contributed by atoms with Crippen LogP contribution in [0.15, 0.2) is 41.5 Å². The maximum Gasteiger partial charge on any atom is 0.417 e. The number of nitrogens with zero attached hydrogens (tertiary/aromatic N) is 1. The topological polar surface area (TPSA) is 61.7 Å². The van der Waals surface area contributed by atoms with Gasteiger partial charge in [-0.2, -0.15) is 18.3 Å². The van der Waals surface area contributed by atoms with Crippen molar-refractivity contribution in [2.24, 2.45) is 5.10 Å². The Kier molecular flexibility index (Phi) is 5.08. The van der Waals surface area contributed by atoms with Gasteiger partial charge in [-0.15, -0.1) is 0 Å². The largest absolute Gasteiger partial charge is 0.506 e. The van der Waals surface area contributed by atoms with E-state index in [-0.39, 0.29) is 10.6 Å². The maximum absolute atomic E-state index is 13.0. The van der Waals surface area contributed by atoms with Gasteiger partial charge in [-0.3, -0.25) is 4.79 Å². The lowest BCUT2D eigenvalue weighted by atomic mass is 10.1. The first kappa shape index (κ1) is 17.7. The molecule has 0 saturated heterocycles. The Morgan fingerprint density at radius 1 is 1.25 bits per heavy atom. The monoisotopic (exact) mass is 360 g/mol. The molecular formula is C15H9ClF4N2O2. The third-order valence-electron chi connectivity index (χ3n) is 2.92. The van der Waals surface area contributed by atoms with Crippen LogP contribution in [-0.4, -0.2) is 17.2 Å². The third-order valence-corrected chi connectivity index (χ3v) is 3.22. The van der Waals surface area contributed by atoms with E-state index >= 15 is 0 Å². The summed E-state index contributed by atoms with van der Waals surface area (Å²) in [7, 11) is 0. The highest BCUT2D eigenvalue weighted by Gasteiger charge is 2.34. The van der Waals surface area contributed by atoms with Gasteiger partial charge in [0.1, 0.15) is 11.6 Å². The van der Waals surface area contributed by atoms with Crippen LogP contribution >= 0.6 is 11.6 Å². The van der Waals surface area contributed by atoms with Gasteiger partial charge >= 0.3 is 6.18 Å². The zero-order chi connectivity index (χ0) is 17.9. The van der Waals surface area contributed by atoms with Gasteiger partial charge in [0, 0.05) is 5.56 Å². The zero-order valence-electron chi connectivity index (χ0n) is 11.7. The van der Waals surface area contributed by atoms with Gasteiger partial charge in [-0.25, -0.2) is 9.82 Å². The SMILES string of the molecule is O=C(NN=Cc1c(C(F)(F)F)ccc(Cl)c1O)c1cccc(F)c1. The van der Waals surface area contributed by atoms with Crippen molar-refractivity contribution in [2.75, 3.05) is 0 Å². The van der Waals surface area contributed by atoms with E-state index in [0.717, 1.165) is 18.2 Å². The highest BCUT2D eigenvalue weighted by molar-refractivity contribution is 6.32. The first-order valence-electron chi connectivity index (χ1n) is 6.38. The van der Waals surface area contributed by atoms with Crippen LogP contribution in [0.25, 0.3) is 0 Å². The second kappa shape index (κ2) is 6.88. The lowest BCUT2D eigenvalue weighted by Crippen LogP contribution is -2.18. The molecule has 2 N–H and O–H groups in total. The average molecular weight is 361 g/mol. The van der Waals surface area contributed by atoms with Gasteiger partial charge in [0.2, 0.25) is 0 Å². The molecule has 2 aromatic rings. The van der Waals surface area contributed by atoms with Crippen molar-refractivity contribution < 1.29 is 27.5 Å². The molecule has 126 valence electrons. The molecule has 2 aromatic carbocycles. The summed E-state index contributed by atoms with van der Waals surface area (Å²) in [4.78, 5) is 11.7. The van der Waals surface area contributed by atoms with E-state index in [1.165, 1.54) is 12.1 Å². The number of amides is 1. The molecule has 0 aromatic heterocycles. The summed E-state index contributed by atoms with van der Waals surface area (Å²) < 4.78 is 51.7. The van der Waals surface area contributed by atoms with Crippen molar-refractivity contribution in [2.45, 2.75) is 6.18 Å². The molecule has 0 fully saturated rings. The maximum atomic E-state index is 13.0. The molecule has 0 saturated carbocycles. The molecule has 0 aliphatic heterocycles. The van der Waals surface area contributed by atoms with Crippen LogP contribution in [-0.2, 0) is 6.18 Å². The number of halogens is 5. The van der Waals surface area contributed by atoms with Crippen LogP contribution in [0.3, 0.4) is 0 Å².